The Balaban J connectivity index is 2.21. The van der Waals surface area contributed by atoms with Gasteiger partial charge in [-0.15, -0.1) is 0 Å². The predicted molar refractivity (Wildman–Crippen MR) is 104 cm³/mol. The number of hydrogen-bond donors (Lipinski definition) is 0. The molecule has 1 heterocycles. The summed E-state index contributed by atoms with van der Waals surface area (Å²) in [5.74, 6) is 1.32. The molecule has 2 amide bonds. The second-order valence-electron chi connectivity index (χ2n) is 7.69. The summed E-state index contributed by atoms with van der Waals surface area (Å²) in [5, 5.41) is 0. The molecule has 5 nitrogen and oxygen atoms in total. The van der Waals surface area contributed by atoms with Crippen LogP contribution in [-0.2, 0) is 4.79 Å². The summed E-state index contributed by atoms with van der Waals surface area (Å²) in [5.41, 5.74) is 2.71. The Morgan fingerprint density at radius 3 is 2.19 bits per heavy atom. The number of hydrogen-bond acceptors (Lipinski definition) is 3. The van der Waals surface area contributed by atoms with Gasteiger partial charge in [-0.05, 0) is 42.5 Å². The minimum Gasteiger partial charge on any atom is -0.496 e. The normalized spacial score (nSPS) is 15.4. The first-order valence-electron chi connectivity index (χ1n) is 9.52. The lowest BCUT2D eigenvalue weighted by Gasteiger charge is -2.24. The van der Waals surface area contributed by atoms with E-state index in [1.54, 1.807) is 7.11 Å². The number of carbonyl (C=O) groups excluding carboxylic acids is 2. The number of benzene rings is 1. The Hall–Kier alpha value is -2.04. The van der Waals surface area contributed by atoms with Crippen molar-refractivity contribution in [3.05, 3.63) is 28.8 Å². The zero-order chi connectivity index (χ0) is 19.4. The van der Waals surface area contributed by atoms with Crippen LogP contribution in [0.5, 0.6) is 5.75 Å². The maximum absolute atomic E-state index is 13.1. The molecule has 1 saturated heterocycles. The van der Waals surface area contributed by atoms with Gasteiger partial charge in [0.05, 0.1) is 7.11 Å². The van der Waals surface area contributed by atoms with Gasteiger partial charge in [-0.1, -0.05) is 27.7 Å². The first-order valence-corrected chi connectivity index (χ1v) is 9.52. The van der Waals surface area contributed by atoms with Gasteiger partial charge < -0.3 is 14.5 Å². The van der Waals surface area contributed by atoms with Crippen molar-refractivity contribution in [1.29, 1.82) is 0 Å². The molecule has 2 rings (SSSR count). The summed E-state index contributed by atoms with van der Waals surface area (Å²) in [7, 11) is 1.66. The zero-order valence-electron chi connectivity index (χ0n) is 17.0. The van der Waals surface area contributed by atoms with E-state index in [-0.39, 0.29) is 23.7 Å². The molecule has 1 aromatic rings. The lowest BCUT2D eigenvalue weighted by Crippen LogP contribution is -2.39. The van der Waals surface area contributed by atoms with Gasteiger partial charge in [0, 0.05) is 37.7 Å². The number of ether oxygens (including phenoxy) is 1. The fourth-order valence-electron chi connectivity index (χ4n) is 3.43. The highest BCUT2D eigenvalue weighted by Crippen LogP contribution is 2.30. The van der Waals surface area contributed by atoms with Crippen molar-refractivity contribution in [3.8, 4) is 5.75 Å². The van der Waals surface area contributed by atoms with Crippen LogP contribution in [0.25, 0.3) is 0 Å². The van der Waals surface area contributed by atoms with E-state index >= 15 is 0 Å². The lowest BCUT2D eigenvalue weighted by molar-refractivity contribution is -0.134. The van der Waals surface area contributed by atoms with Crippen LogP contribution in [0.2, 0.25) is 0 Å². The number of amides is 2. The van der Waals surface area contributed by atoms with Gasteiger partial charge in [0.25, 0.3) is 5.91 Å². The maximum atomic E-state index is 13.1. The van der Waals surface area contributed by atoms with Crippen LogP contribution in [0.3, 0.4) is 0 Å². The molecule has 0 atom stereocenters. The Bertz CT molecular complexity index is 667. The van der Waals surface area contributed by atoms with Crippen LogP contribution < -0.4 is 4.74 Å². The van der Waals surface area contributed by atoms with Gasteiger partial charge in [-0.2, -0.15) is 0 Å². The van der Waals surface area contributed by atoms with E-state index in [0.717, 1.165) is 35.4 Å². The Morgan fingerprint density at radius 1 is 1.00 bits per heavy atom. The third-order valence-corrected chi connectivity index (χ3v) is 5.02. The molecule has 1 aromatic carbocycles. The van der Waals surface area contributed by atoms with E-state index in [1.807, 2.05) is 42.7 Å². The van der Waals surface area contributed by atoms with E-state index in [2.05, 4.69) is 13.8 Å². The smallest absolute Gasteiger partial charge is 0.254 e. The highest BCUT2D eigenvalue weighted by Gasteiger charge is 2.25. The molecular formula is C21H32N2O3. The monoisotopic (exact) mass is 360 g/mol. The molecule has 0 bridgehead atoms. The molecule has 5 heteroatoms. The summed E-state index contributed by atoms with van der Waals surface area (Å²) in [6, 6.07) is 3.93. The summed E-state index contributed by atoms with van der Waals surface area (Å²) >= 11 is 0. The second-order valence-corrected chi connectivity index (χ2v) is 7.69. The highest BCUT2D eigenvalue weighted by molar-refractivity contribution is 5.96. The third kappa shape index (κ3) is 4.37. The Morgan fingerprint density at radius 2 is 1.62 bits per heavy atom. The molecule has 26 heavy (non-hydrogen) atoms. The largest absolute Gasteiger partial charge is 0.496 e. The first-order chi connectivity index (χ1) is 12.3. The molecule has 0 spiro atoms. The SMILES string of the molecule is COc1cc(C)c(C(=O)N2CCCN(C(=O)C(C)C)CC2)cc1C(C)C. The second kappa shape index (κ2) is 8.56. The third-order valence-electron chi connectivity index (χ3n) is 5.02. The molecule has 1 aliphatic rings. The average molecular weight is 360 g/mol. The predicted octanol–water partition coefficient (Wildman–Crippen LogP) is 3.46. The van der Waals surface area contributed by atoms with Crippen molar-refractivity contribution in [1.82, 2.24) is 9.80 Å². The maximum Gasteiger partial charge on any atom is 0.254 e. The van der Waals surface area contributed by atoms with Gasteiger partial charge in [-0.25, -0.2) is 0 Å². The van der Waals surface area contributed by atoms with E-state index in [9.17, 15) is 9.59 Å². The van der Waals surface area contributed by atoms with Crippen LogP contribution in [0, 0.1) is 12.8 Å². The molecule has 0 saturated carbocycles. The van der Waals surface area contributed by atoms with Crippen molar-refractivity contribution in [3.63, 3.8) is 0 Å². The average Bonchev–Trinajstić information content (AvgIpc) is 2.85. The van der Waals surface area contributed by atoms with Crippen molar-refractivity contribution in [2.24, 2.45) is 5.92 Å². The van der Waals surface area contributed by atoms with Crippen LogP contribution >= 0.6 is 0 Å². The van der Waals surface area contributed by atoms with Crippen LogP contribution in [0.15, 0.2) is 12.1 Å². The summed E-state index contributed by atoms with van der Waals surface area (Å²) in [6.45, 7) is 12.6. The Labute approximate surface area is 157 Å². The minimum absolute atomic E-state index is 0.00492. The Kier molecular flexibility index (Phi) is 6.68. The molecule has 0 radical (unpaired) electrons. The topological polar surface area (TPSA) is 49.9 Å². The molecule has 144 valence electrons. The highest BCUT2D eigenvalue weighted by atomic mass is 16.5. The van der Waals surface area contributed by atoms with Gasteiger partial charge in [0.2, 0.25) is 5.91 Å². The first kappa shape index (κ1) is 20.3. The van der Waals surface area contributed by atoms with Crippen molar-refractivity contribution in [2.75, 3.05) is 33.3 Å². The van der Waals surface area contributed by atoms with Crippen molar-refractivity contribution in [2.45, 2.75) is 47.0 Å². The lowest BCUT2D eigenvalue weighted by atomic mass is 9.95. The van der Waals surface area contributed by atoms with Gasteiger partial charge >= 0.3 is 0 Å². The van der Waals surface area contributed by atoms with Crippen molar-refractivity contribution >= 4 is 11.8 Å². The molecule has 1 fully saturated rings. The standard InChI is InChI=1S/C21H32N2O3/c1-14(2)17-13-18(16(5)12-19(17)26-6)21(25)23-9-7-8-22(10-11-23)20(24)15(3)4/h12-15H,7-11H2,1-6H3. The van der Waals surface area contributed by atoms with Crippen molar-refractivity contribution < 1.29 is 14.3 Å². The van der Waals surface area contributed by atoms with Gasteiger partial charge in [0.1, 0.15) is 5.75 Å². The number of rotatable bonds is 4. The van der Waals surface area contributed by atoms with Crippen LogP contribution in [-0.4, -0.2) is 54.9 Å². The zero-order valence-corrected chi connectivity index (χ0v) is 17.0. The molecular weight excluding hydrogens is 328 g/mol. The number of carbonyl (C=O) groups is 2. The van der Waals surface area contributed by atoms with E-state index in [4.69, 9.17) is 4.74 Å². The fourth-order valence-corrected chi connectivity index (χ4v) is 3.43. The molecule has 0 unspecified atom stereocenters. The number of nitrogens with zero attached hydrogens (tertiary/aromatic N) is 2. The van der Waals surface area contributed by atoms with Gasteiger partial charge in [0.15, 0.2) is 0 Å². The number of aryl methyl sites for hydroxylation is 1. The minimum atomic E-state index is -0.00492. The quantitative estimate of drug-likeness (QED) is 0.826. The summed E-state index contributed by atoms with van der Waals surface area (Å²) < 4.78 is 5.48. The molecule has 0 aromatic heterocycles. The van der Waals surface area contributed by atoms with E-state index in [1.165, 1.54) is 0 Å². The van der Waals surface area contributed by atoms with Gasteiger partial charge in [-0.3, -0.25) is 9.59 Å². The van der Waals surface area contributed by atoms with Crippen LogP contribution in [0.1, 0.15) is 61.5 Å². The van der Waals surface area contributed by atoms with E-state index in [0.29, 0.717) is 19.6 Å². The molecule has 0 N–H and O–H groups in total. The summed E-state index contributed by atoms with van der Waals surface area (Å²) in [4.78, 5) is 29.2. The summed E-state index contributed by atoms with van der Waals surface area (Å²) in [6.07, 6.45) is 0.816. The molecule has 1 aliphatic heterocycles. The van der Waals surface area contributed by atoms with Crippen LogP contribution in [0.4, 0.5) is 0 Å². The fraction of sp³-hybridized carbons (Fsp3) is 0.619. The van der Waals surface area contributed by atoms with E-state index < -0.39 is 0 Å². The number of methoxy groups -OCH3 is 1. The molecule has 0 aliphatic carbocycles.